The molecule has 2 rings (SSSR count). The summed E-state index contributed by atoms with van der Waals surface area (Å²) in [6, 6.07) is 1.85. The van der Waals surface area contributed by atoms with Crippen LogP contribution < -0.4 is 5.32 Å². The lowest BCUT2D eigenvalue weighted by Gasteiger charge is -2.05. The van der Waals surface area contributed by atoms with E-state index < -0.39 is 6.43 Å². The van der Waals surface area contributed by atoms with Crippen LogP contribution in [0, 0.1) is 6.92 Å². The maximum atomic E-state index is 12.3. The summed E-state index contributed by atoms with van der Waals surface area (Å²) < 4.78 is 27.6. The number of anilines is 1. The fourth-order valence-corrected chi connectivity index (χ4v) is 1.67. The number of aromatic nitrogens is 4. The molecule has 0 saturated heterocycles. The molecular weight excluding hydrogens is 276 g/mol. The fraction of sp³-hybridized carbons (Fsp3) is 0.455. The van der Waals surface area contributed by atoms with Crippen molar-refractivity contribution in [1.29, 1.82) is 0 Å². The zero-order valence-electron chi connectivity index (χ0n) is 10.7. The molecule has 8 heteroatoms. The third-order valence-electron chi connectivity index (χ3n) is 2.69. The summed E-state index contributed by atoms with van der Waals surface area (Å²) in [5, 5.41) is 11.2. The highest BCUT2D eigenvalue weighted by Crippen LogP contribution is 2.11. The number of nitrogens with one attached hydrogen (secondary N) is 1. The molecule has 0 spiro atoms. The lowest BCUT2D eigenvalue weighted by molar-refractivity contribution is 0.121. The van der Waals surface area contributed by atoms with Crippen LogP contribution in [0.25, 0.3) is 0 Å². The molecule has 1 N–H and O–H groups in total. The van der Waals surface area contributed by atoms with E-state index in [4.69, 9.17) is 0 Å². The van der Waals surface area contributed by atoms with Crippen molar-refractivity contribution < 1.29 is 8.78 Å². The maximum Gasteiger partial charge on any atom is 0.257 e. The topological polar surface area (TPSA) is 47.7 Å². The summed E-state index contributed by atoms with van der Waals surface area (Å²) in [4.78, 5) is 0. The first-order valence-electron chi connectivity index (χ1n) is 5.59. The Morgan fingerprint density at radius 3 is 2.74 bits per heavy atom. The molecule has 0 unspecified atom stereocenters. The van der Waals surface area contributed by atoms with Crippen molar-refractivity contribution in [2.24, 2.45) is 7.05 Å². The van der Waals surface area contributed by atoms with Crippen LogP contribution in [0.4, 0.5) is 14.6 Å². The van der Waals surface area contributed by atoms with E-state index in [1.54, 1.807) is 17.8 Å². The molecule has 0 saturated carbocycles. The minimum absolute atomic E-state index is 0. The van der Waals surface area contributed by atoms with Crippen molar-refractivity contribution in [3.8, 4) is 0 Å². The zero-order chi connectivity index (χ0) is 13.1. The van der Waals surface area contributed by atoms with E-state index in [0.29, 0.717) is 6.54 Å². The number of alkyl halides is 2. The average Bonchev–Trinajstić information content (AvgIpc) is 2.85. The Morgan fingerprint density at radius 2 is 2.16 bits per heavy atom. The van der Waals surface area contributed by atoms with Gasteiger partial charge in [0.1, 0.15) is 12.4 Å². The SMILES string of the molecule is Cc1c(CNc2ccn(C)n2)cnn1CC(F)F.Cl. The first kappa shape index (κ1) is 15.4. The molecule has 0 atom stereocenters. The highest BCUT2D eigenvalue weighted by Gasteiger charge is 2.10. The van der Waals surface area contributed by atoms with Gasteiger partial charge in [-0.15, -0.1) is 12.4 Å². The van der Waals surface area contributed by atoms with Crippen molar-refractivity contribution in [3.05, 3.63) is 29.7 Å². The van der Waals surface area contributed by atoms with Crippen molar-refractivity contribution in [2.75, 3.05) is 5.32 Å². The summed E-state index contributed by atoms with van der Waals surface area (Å²) in [5.41, 5.74) is 1.64. The molecule has 0 radical (unpaired) electrons. The summed E-state index contributed by atoms with van der Waals surface area (Å²) in [6.45, 7) is 1.94. The summed E-state index contributed by atoms with van der Waals surface area (Å²) >= 11 is 0. The molecule has 106 valence electrons. The van der Waals surface area contributed by atoms with Gasteiger partial charge in [-0.25, -0.2) is 8.78 Å². The molecule has 0 aromatic carbocycles. The molecular formula is C11H16ClF2N5. The monoisotopic (exact) mass is 291 g/mol. The highest BCUT2D eigenvalue weighted by atomic mass is 35.5. The van der Waals surface area contributed by atoms with Gasteiger partial charge in [0, 0.05) is 37.1 Å². The molecule has 5 nitrogen and oxygen atoms in total. The van der Waals surface area contributed by atoms with Crippen LogP contribution in [-0.4, -0.2) is 26.0 Å². The predicted molar refractivity (Wildman–Crippen MR) is 70.8 cm³/mol. The van der Waals surface area contributed by atoms with Gasteiger partial charge in [0.25, 0.3) is 6.43 Å². The van der Waals surface area contributed by atoms with Crippen molar-refractivity contribution in [2.45, 2.75) is 26.4 Å². The van der Waals surface area contributed by atoms with Gasteiger partial charge in [-0.2, -0.15) is 10.2 Å². The summed E-state index contributed by atoms with van der Waals surface area (Å²) in [5.74, 6) is 0.749. The Morgan fingerprint density at radius 1 is 1.42 bits per heavy atom. The number of aryl methyl sites for hydroxylation is 1. The Hall–Kier alpha value is -1.63. The highest BCUT2D eigenvalue weighted by molar-refractivity contribution is 5.85. The van der Waals surface area contributed by atoms with Gasteiger partial charge in [0.05, 0.1) is 6.20 Å². The van der Waals surface area contributed by atoms with E-state index in [1.807, 2.05) is 19.3 Å². The van der Waals surface area contributed by atoms with Gasteiger partial charge >= 0.3 is 0 Å². The molecule has 0 aliphatic heterocycles. The molecule has 0 amide bonds. The molecule has 0 bridgehead atoms. The van der Waals surface area contributed by atoms with E-state index >= 15 is 0 Å². The molecule has 0 aliphatic carbocycles. The lowest BCUT2D eigenvalue weighted by Crippen LogP contribution is -2.10. The van der Waals surface area contributed by atoms with Crippen LogP contribution in [-0.2, 0) is 20.1 Å². The number of nitrogens with zero attached hydrogens (tertiary/aromatic N) is 4. The normalized spacial score (nSPS) is 10.6. The number of rotatable bonds is 5. The van der Waals surface area contributed by atoms with E-state index in [0.717, 1.165) is 17.1 Å². The summed E-state index contributed by atoms with van der Waals surface area (Å²) in [7, 11) is 1.83. The second-order valence-electron chi connectivity index (χ2n) is 4.06. The van der Waals surface area contributed by atoms with Gasteiger partial charge in [-0.3, -0.25) is 9.36 Å². The minimum atomic E-state index is -2.39. The standard InChI is InChI=1S/C11H15F2N5.ClH/c1-8-9(6-15-18(8)7-10(12)13)5-14-11-3-4-17(2)16-11;/h3-4,6,10H,5,7H2,1-2H3,(H,14,16);1H. The van der Waals surface area contributed by atoms with E-state index in [-0.39, 0.29) is 19.0 Å². The lowest BCUT2D eigenvalue weighted by atomic mass is 10.2. The van der Waals surface area contributed by atoms with Gasteiger partial charge in [0.2, 0.25) is 0 Å². The Bertz CT molecular complexity index is 523. The minimum Gasteiger partial charge on any atom is -0.364 e. The Kier molecular flexibility index (Phi) is 5.29. The largest absolute Gasteiger partial charge is 0.364 e. The zero-order valence-corrected chi connectivity index (χ0v) is 11.5. The van der Waals surface area contributed by atoms with Crippen LogP contribution in [0.1, 0.15) is 11.3 Å². The third-order valence-corrected chi connectivity index (χ3v) is 2.69. The Labute approximate surface area is 116 Å². The molecule has 19 heavy (non-hydrogen) atoms. The quantitative estimate of drug-likeness (QED) is 0.919. The summed E-state index contributed by atoms with van der Waals surface area (Å²) in [6.07, 6.45) is 1.04. The number of hydrogen-bond donors (Lipinski definition) is 1. The van der Waals surface area contributed by atoms with E-state index in [2.05, 4.69) is 15.5 Å². The Balaban J connectivity index is 0.00000180. The van der Waals surface area contributed by atoms with Crippen LogP contribution in [0.2, 0.25) is 0 Å². The van der Waals surface area contributed by atoms with E-state index in [9.17, 15) is 8.78 Å². The molecule has 2 aromatic rings. The second kappa shape index (κ2) is 6.51. The molecule has 2 heterocycles. The van der Waals surface area contributed by atoms with Crippen molar-refractivity contribution in [1.82, 2.24) is 19.6 Å². The first-order valence-corrected chi connectivity index (χ1v) is 5.59. The van der Waals surface area contributed by atoms with Gasteiger partial charge in [0.15, 0.2) is 0 Å². The smallest absolute Gasteiger partial charge is 0.257 e. The maximum absolute atomic E-state index is 12.3. The molecule has 0 aliphatic rings. The fourth-order valence-electron chi connectivity index (χ4n) is 1.67. The van der Waals surface area contributed by atoms with Gasteiger partial charge < -0.3 is 5.32 Å². The van der Waals surface area contributed by atoms with Crippen LogP contribution in [0.3, 0.4) is 0 Å². The third kappa shape index (κ3) is 3.92. The van der Waals surface area contributed by atoms with Crippen LogP contribution in [0.5, 0.6) is 0 Å². The first-order chi connectivity index (χ1) is 8.56. The van der Waals surface area contributed by atoms with E-state index in [1.165, 1.54) is 4.68 Å². The van der Waals surface area contributed by atoms with Crippen LogP contribution >= 0.6 is 12.4 Å². The van der Waals surface area contributed by atoms with Crippen molar-refractivity contribution in [3.63, 3.8) is 0 Å². The molecule has 2 aromatic heterocycles. The average molecular weight is 292 g/mol. The van der Waals surface area contributed by atoms with Crippen LogP contribution in [0.15, 0.2) is 18.5 Å². The number of hydrogen-bond acceptors (Lipinski definition) is 3. The van der Waals surface area contributed by atoms with Crippen molar-refractivity contribution >= 4 is 18.2 Å². The van der Waals surface area contributed by atoms with Gasteiger partial charge in [-0.05, 0) is 6.92 Å². The molecule has 0 fully saturated rings. The van der Waals surface area contributed by atoms with Gasteiger partial charge in [-0.1, -0.05) is 0 Å². The number of halogens is 3. The predicted octanol–water partition coefficient (Wildman–Crippen LogP) is 2.22. The second-order valence-corrected chi connectivity index (χ2v) is 4.06.